The topological polar surface area (TPSA) is 120 Å². The van der Waals surface area contributed by atoms with Crippen molar-refractivity contribution in [3.63, 3.8) is 0 Å². The first-order chi connectivity index (χ1) is 4.24. The molecule has 10 heteroatoms. The predicted molar refractivity (Wildman–Crippen MR) is 19.3 cm³/mol. The molecule has 0 rings (SSSR count). The van der Waals surface area contributed by atoms with E-state index in [1.807, 2.05) is 0 Å². The van der Waals surface area contributed by atoms with Crippen LogP contribution in [0.25, 0.3) is 0 Å². The zero-order chi connectivity index (χ0) is 8.12. The molecule has 0 atom stereocenters. The van der Waals surface area contributed by atoms with E-state index in [1.165, 1.54) is 0 Å². The molecule has 0 saturated carbocycles. The van der Waals surface area contributed by atoms with E-state index < -0.39 is 22.1 Å². The number of hydrogen-bond donors (Lipinski definition) is 0. The van der Waals surface area contributed by atoms with Crippen LogP contribution >= 0.6 is 0 Å². The van der Waals surface area contributed by atoms with Crippen molar-refractivity contribution in [1.82, 2.24) is 0 Å². The molecule has 0 fully saturated rings. The van der Waals surface area contributed by atoms with Gasteiger partial charge in [-0.05, 0) is 0 Å². The summed E-state index contributed by atoms with van der Waals surface area (Å²) in [6, 6.07) is 0. The molecule has 0 aromatic heterocycles. The second-order valence-corrected chi connectivity index (χ2v) is 0.289. The van der Waals surface area contributed by atoms with Gasteiger partial charge >= 0.3 is 70.7 Å². The molecule has 0 unspecified atom stereocenters. The van der Waals surface area contributed by atoms with E-state index >= 15 is 0 Å². The summed E-state index contributed by atoms with van der Waals surface area (Å²) in [6.07, 6.45) is 0. The molecule has 0 aliphatic heterocycles. The molecule has 0 aromatic carbocycles. The summed E-state index contributed by atoms with van der Waals surface area (Å²) in [5.74, 6) is 0. The van der Waals surface area contributed by atoms with E-state index in [-0.39, 0.29) is 19.5 Å². The van der Waals surface area contributed by atoms with Crippen molar-refractivity contribution in [3.8, 4) is 0 Å². The standard InChI is InChI=1S/3BO2.Rh/c3*2-1-3;/q3*-1;+3. The van der Waals surface area contributed by atoms with Gasteiger partial charge in [0.15, 0.2) is 0 Å². The molecule has 0 saturated heterocycles. The van der Waals surface area contributed by atoms with Crippen LogP contribution in [0.4, 0.5) is 0 Å². The quantitative estimate of drug-likeness (QED) is 0.385. The van der Waals surface area contributed by atoms with Crippen LogP contribution in [-0.4, -0.2) is 22.1 Å². The van der Waals surface area contributed by atoms with Crippen molar-refractivity contribution in [2.24, 2.45) is 0 Å². The Bertz CT molecular complexity index is 49.7. The van der Waals surface area contributed by atoms with Gasteiger partial charge < -0.3 is 0 Å². The van der Waals surface area contributed by atoms with Crippen LogP contribution in [0.15, 0.2) is 0 Å². The van der Waals surface area contributed by atoms with E-state index in [2.05, 4.69) is 0 Å². The average Bonchev–Trinajstić information content (AvgIpc) is 1.70. The van der Waals surface area contributed by atoms with Gasteiger partial charge in [0.05, 0.1) is 0 Å². The average molecular weight is 231 g/mol. The van der Waals surface area contributed by atoms with Gasteiger partial charge in [0.1, 0.15) is 0 Å². The van der Waals surface area contributed by atoms with E-state index in [4.69, 9.17) is 29.2 Å². The fraction of sp³-hybridized carbons (Fsp3) is 0. The maximum atomic E-state index is 8.25. The van der Waals surface area contributed by atoms with Gasteiger partial charge in [0.25, 0.3) is 0 Å². The van der Waals surface area contributed by atoms with Gasteiger partial charge in [0.2, 0.25) is 0 Å². The molecule has 0 aromatic rings. The molecular weight excluding hydrogens is 231 g/mol. The summed E-state index contributed by atoms with van der Waals surface area (Å²) in [7, 11) is -1.50. The first-order valence-electron chi connectivity index (χ1n) is 1.41. The Hall–Kier alpha value is -0.382. The van der Waals surface area contributed by atoms with Crippen LogP contribution in [0.2, 0.25) is 0 Å². The third kappa shape index (κ3) is 2290. The third-order valence-corrected chi connectivity index (χ3v) is 0. The van der Waals surface area contributed by atoms with Crippen molar-refractivity contribution < 1.29 is 48.7 Å². The molecule has 54 valence electrons. The summed E-state index contributed by atoms with van der Waals surface area (Å²) in [4.78, 5) is 0. The minimum absolute atomic E-state index is 0. The van der Waals surface area contributed by atoms with Gasteiger partial charge in [-0.25, -0.2) is 0 Å². The van der Waals surface area contributed by atoms with E-state index in [9.17, 15) is 0 Å². The molecular formula is B3O6Rh. The van der Waals surface area contributed by atoms with Crippen molar-refractivity contribution in [2.45, 2.75) is 0 Å². The molecule has 0 radical (unpaired) electrons. The molecule has 0 spiro atoms. The van der Waals surface area contributed by atoms with Crippen molar-refractivity contribution in [3.05, 3.63) is 0 Å². The third-order valence-electron chi connectivity index (χ3n) is 0. The second-order valence-electron chi connectivity index (χ2n) is 0.289. The Morgan fingerprint density at radius 3 is 0.700 bits per heavy atom. The van der Waals surface area contributed by atoms with Crippen LogP contribution < -0.4 is 15.1 Å². The first kappa shape index (κ1) is 22.6. The predicted octanol–water partition coefficient (Wildman–Crippen LogP) is -5.07. The second kappa shape index (κ2) is 73.0. The van der Waals surface area contributed by atoms with Crippen LogP contribution in [0.3, 0.4) is 0 Å². The molecule has 0 heterocycles. The normalized spacial score (nSPS) is 2.40. The molecule has 0 aliphatic carbocycles. The smallest absolute Gasteiger partial charge is 3.00 e. The van der Waals surface area contributed by atoms with Crippen LogP contribution in [-0.2, 0) is 33.6 Å². The number of hydrogen-bond acceptors (Lipinski definition) is 6. The SMILES string of the molecule is O=B[O-].O=B[O-].O=B[O-].[Rh+3]. The van der Waals surface area contributed by atoms with Crippen LogP contribution in [0, 0.1) is 0 Å². The van der Waals surface area contributed by atoms with Crippen molar-refractivity contribution in [2.75, 3.05) is 0 Å². The minimum atomic E-state index is -0.500. The molecule has 0 aliphatic rings. The molecule has 0 amide bonds. The Balaban J connectivity index is -0.0000000257. The van der Waals surface area contributed by atoms with E-state index in [0.717, 1.165) is 0 Å². The minimum Gasteiger partial charge on any atom is 3.00 e. The zero-order valence-electron chi connectivity index (χ0n) is 4.51. The first-order valence-corrected chi connectivity index (χ1v) is 1.41. The van der Waals surface area contributed by atoms with Gasteiger partial charge in [0, 0.05) is 0 Å². The fourth-order valence-electron chi connectivity index (χ4n) is 0. The van der Waals surface area contributed by atoms with Gasteiger partial charge in [-0.1, -0.05) is 0 Å². The summed E-state index contributed by atoms with van der Waals surface area (Å²) < 4.78 is 24.8. The molecule has 0 N–H and O–H groups in total. The maximum Gasteiger partial charge on any atom is 3.00 e. The maximum absolute atomic E-state index is 8.25. The van der Waals surface area contributed by atoms with Gasteiger partial charge in [-0.15, -0.1) is 0 Å². The summed E-state index contributed by atoms with van der Waals surface area (Å²) in [5.41, 5.74) is 0. The van der Waals surface area contributed by atoms with Gasteiger partial charge in [-0.2, -0.15) is 0 Å². The van der Waals surface area contributed by atoms with Gasteiger partial charge in [-0.3, -0.25) is 0 Å². The molecule has 0 bridgehead atoms. The molecule has 6 nitrogen and oxygen atoms in total. The van der Waals surface area contributed by atoms with Crippen LogP contribution in [0.5, 0.6) is 0 Å². The van der Waals surface area contributed by atoms with E-state index in [1.54, 1.807) is 0 Å². The van der Waals surface area contributed by atoms with Crippen LogP contribution in [0.1, 0.15) is 0 Å². The van der Waals surface area contributed by atoms with Crippen molar-refractivity contribution in [1.29, 1.82) is 0 Å². The largest absolute Gasteiger partial charge is 3.00 e. The van der Waals surface area contributed by atoms with Crippen molar-refractivity contribution >= 4 is 22.1 Å². The summed E-state index contributed by atoms with van der Waals surface area (Å²) in [5, 5.41) is 24.8. The monoisotopic (exact) mass is 232 g/mol. The Labute approximate surface area is 71.3 Å². The zero-order valence-corrected chi connectivity index (χ0v) is 6.15. The molecule has 10 heavy (non-hydrogen) atoms. The Morgan fingerprint density at radius 2 is 0.700 bits per heavy atom. The van der Waals surface area contributed by atoms with E-state index in [0.29, 0.717) is 0 Å². The summed E-state index contributed by atoms with van der Waals surface area (Å²) in [6.45, 7) is 0. The Kier molecular flexibility index (Phi) is 165. The fourth-order valence-corrected chi connectivity index (χ4v) is 0. The Morgan fingerprint density at radius 1 is 0.700 bits per heavy atom. The summed E-state index contributed by atoms with van der Waals surface area (Å²) >= 11 is 0. The number of rotatable bonds is 0.